The van der Waals surface area contributed by atoms with Crippen molar-refractivity contribution in [2.75, 3.05) is 17.2 Å². The Bertz CT molecular complexity index is 493. The van der Waals surface area contributed by atoms with Crippen LogP contribution in [-0.4, -0.2) is 30.6 Å². The van der Waals surface area contributed by atoms with Crippen LogP contribution in [0.15, 0.2) is 24.3 Å². The molecule has 1 fully saturated rings. The molecule has 6 nitrogen and oxygen atoms in total. The van der Waals surface area contributed by atoms with Crippen LogP contribution in [0.4, 0.5) is 11.4 Å². The minimum atomic E-state index is -0.355. The highest BCUT2D eigenvalue weighted by molar-refractivity contribution is 5.95. The molecule has 1 aromatic carbocycles. The summed E-state index contributed by atoms with van der Waals surface area (Å²) in [6.45, 7) is 4.23. The highest BCUT2D eigenvalue weighted by Crippen LogP contribution is 2.18. The van der Waals surface area contributed by atoms with Gasteiger partial charge in [-0.05, 0) is 44.0 Å². The smallest absolute Gasteiger partial charge is 0.253 e. The van der Waals surface area contributed by atoms with Crippen molar-refractivity contribution in [3.8, 4) is 0 Å². The fraction of sp³-hybridized carbons (Fsp3) is 0.500. The molecule has 2 rings (SSSR count). The van der Waals surface area contributed by atoms with Crippen molar-refractivity contribution in [3.63, 3.8) is 0 Å². The summed E-state index contributed by atoms with van der Waals surface area (Å²) < 4.78 is 5.33. The van der Waals surface area contributed by atoms with Gasteiger partial charge in [0.15, 0.2) is 0 Å². The Kier molecular flexibility index (Phi) is 7.48. The molecule has 0 aromatic heterocycles. The van der Waals surface area contributed by atoms with E-state index in [2.05, 4.69) is 10.6 Å². The maximum Gasteiger partial charge on any atom is 0.253 e. The van der Waals surface area contributed by atoms with Gasteiger partial charge in [-0.1, -0.05) is 6.92 Å². The second-order valence-corrected chi connectivity index (χ2v) is 5.71. The summed E-state index contributed by atoms with van der Waals surface area (Å²) in [4.78, 5) is 23.8. The number of rotatable bonds is 5. The Hall–Kier alpha value is -1.63. The monoisotopic (exact) mass is 341 g/mol. The second kappa shape index (κ2) is 8.86. The third-order valence-electron chi connectivity index (χ3n) is 3.84. The molecule has 1 aliphatic rings. The first-order valence-electron chi connectivity index (χ1n) is 7.56. The molecule has 1 saturated heterocycles. The van der Waals surface area contributed by atoms with Crippen LogP contribution in [0.3, 0.4) is 0 Å². The van der Waals surface area contributed by atoms with Crippen LogP contribution in [0.25, 0.3) is 0 Å². The summed E-state index contributed by atoms with van der Waals surface area (Å²) in [6, 6.07) is 6.79. The number of hydrogen-bond donors (Lipinski definition) is 3. The van der Waals surface area contributed by atoms with Gasteiger partial charge < -0.3 is 21.1 Å². The maximum atomic E-state index is 11.9. The van der Waals surface area contributed by atoms with Crippen LogP contribution in [-0.2, 0) is 14.3 Å². The number of halogens is 1. The predicted octanol–water partition coefficient (Wildman–Crippen LogP) is 2.15. The first-order chi connectivity index (χ1) is 10.5. The minimum absolute atomic E-state index is 0. The Labute approximate surface area is 142 Å². The molecule has 0 bridgehead atoms. The Morgan fingerprint density at radius 1 is 1.17 bits per heavy atom. The van der Waals surface area contributed by atoms with E-state index in [1.165, 1.54) is 0 Å². The van der Waals surface area contributed by atoms with E-state index >= 15 is 0 Å². The van der Waals surface area contributed by atoms with E-state index in [4.69, 9.17) is 10.5 Å². The van der Waals surface area contributed by atoms with Crippen molar-refractivity contribution >= 4 is 35.6 Å². The van der Waals surface area contributed by atoms with Crippen molar-refractivity contribution < 1.29 is 14.3 Å². The van der Waals surface area contributed by atoms with Gasteiger partial charge in [0, 0.05) is 24.0 Å². The number of amides is 2. The van der Waals surface area contributed by atoms with Crippen LogP contribution in [0.1, 0.15) is 26.7 Å². The van der Waals surface area contributed by atoms with E-state index in [0.717, 1.165) is 12.8 Å². The zero-order valence-corrected chi connectivity index (χ0v) is 14.2. The maximum absolute atomic E-state index is 11.9. The molecule has 3 unspecified atom stereocenters. The minimum Gasteiger partial charge on any atom is -0.368 e. The van der Waals surface area contributed by atoms with E-state index in [1.807, 2.05) is 0 Å². The highest BCUT2D eigenvalue weighted by Gasteiger charge is 2.23. The van der Waals surface area contributed by atoms with Crippen molar-refractivity contribution in [2.24, 2.45) is 11.7 Å². The molecule has 0 saturated carbocycles. The SMILES string of the molecule is CC(N)C(C)C(=O)Nc1ccc(NC(=O)C2CCCO2)cc1.Cl. The molecule has 2 amide bonds. The molecule has 23 heavy (non-hydrogen) atoms. The number of nitrogens with two attached hydrogens (primary N) is 1. The van der Waals surface area contributed by atoms with E-state index < -0.39 is 0 Å². The largest absolute Gasteiger partial charge is 0.368 e. The van der Waals surface area contributed by atoms with Gasteiger partial charge in [0.1, 0.15) is 6.10 Å². The number of carbonyl (C=O) groups excluding carboxylic acids is 2. The Morgan fingerprint density at radius 3 is 2.22 bits per heavy atom. The number of carbonyl (C=O) groups is 2. The van der Waals surface area contributed by atoms with Gasteiger partial charge in [-0.15, -0.1) is 12.4 Å². The number of hydrogen-bond acceptors (Lipinski definition) is 4. The Morgan fingerprint density at radius 2 is 1.74 bits per heavy atom. The van der Waals surface area contributed by atoms with E-state index in [-0.39, 0.29) is 42.3 Å². The van der Waals surface area contributed by atoms with Gasteiger partial charge in [-0.25, -0.2) is 0 Å². The molecule has 3 atom stereocenters. The van der Waals surface area contributed by atoms with Crippen molar-refractivity contribution in [2.45, 2.75) is 38.8 Å². The molecule has 7 heteroatoms. The number of anilines is 2. The number of ether oxygens (including phenoxy) is 1. The lowest BCUT2D eigenvalue weighted by atomic mass is 10.0. The zero-order valence-electron chi connectivity index (χ0n) is 13.4. The summed E-state index contributed by atoms with van der Waals surface area (Å²) in [7, 11) is 0. The summed E-state index contributed by atoms with van der Waals surface area (Å²) >= 11 is 0. The molecule has 0 radical (unpaired) electrons. The molecular weight excluding hydrogens is 318 g/mol. The fourth-order valence-corrected chi connectivity index (χ4v) is 2.14. The quantitative estimate of drug-likeness (QED) is 0.765. The first-order valence-corrected chi connectivity index (χ1v) is 7.56. The van der Waals surface area contributed by atoms with Crippen LogP contribution < -0.4 is 16.4 Å². The van der Waals surface area contributed by atoms with Gasteiger partial charge in [0.05, 0.1) is 5.92 Å². The topological polar surface area (TPSA) is 93.5 Å². The van der Waals surface area contributed by atoms with Gasteiger partial charge >= 0.3 is 0 Å². The lowest BCUT2D eigenvalue weighted by molar-refractivity contribution is -0.124. The molecule has 0 spiro atoms. The second-order valence-electron chi connectivity index (χ2n) is 5.71. The average Bonchev–Trinajstić information content (AvgIpc) is 3.02. The lowest BCUT2D eigenvalue weighted by Gasteiger charge is -2.15. The van der Waals surface area contributed by atoms with Crippen molar-refractivity contribution in [1.29, 1.82) is 0 Å². The van der Waals surface area contributed by atoms with Gasteiger partial charge in [-0.3, -0.25) is 9.59 Å². The molecule has 128 valence electrons. The van der Waals surface area contributed by atoms with Gasteiger partial charge in [-0.2, -0.15) is 0 Å². The molecule has 0 aliphatic carbocycles. The normalized spacial score (nSPS) is 19.3. The number of benzene rings is 1. The van der Waals surface area contributed by atoms with Crippen LogP contribution >= 0.6 is 12.4 Å². The summed E-state index contributed by atoms with van der Waals surface area (Å²) in [5.41, 5.74) is 7.06. The summed E-state index contributed by atoms with van der Waals surface area (Å²) in [5.74, 6) is -0.509. The van der Waals surface area contributed by atoms with Gasteiger partial charge in [0.2, 0.25) is 5.91 Å². The standard InChI is InChI=1S/C16H23N3O3.ClH/c1-10(11(2)17)15(20)18-12-5-7-13(8-6-12)19-16(21)14-4-3-9-22-14;/h5-8,10-11,14H,3-4,9,17H2,1-2H3,(H,18,20)(H,19,21);1H. The highest BCUT2D eigenvalue weighted by atomic mass is 35.5. The lowest BCUT2D eigenvalue weighted by Crippen LogP contribution is -2.34. The van der Waals surface area contributed by atoms with Crippen molar-refractivity contribution in [1.82, 2.24) is 0 Å². The van der Waals surface area contributed by atoms with E-state index in [1.54, 1.807) is 38.1 Å². The average molecular weight is 342 g/mol. The Balaban J connectivity index is 0.00000264. The van der Waals surface area contributed by atoms with Gasteiger partial charge in [0.25, 0.3) is 5.91 Å². The third-order valence-corrected chi connectivity index (χ3v) is 3.84. The summed E-state index contributed by atoms with van der Waals surface area (Å²) in [5, 5.41) is 5.61. The molecular formula is C16H24ClN3O3. The third kappa shape index (κ3) is 5.49. The van der Waals surface area contributed by atoms with Crippen molar-refractivity contribution in [3.05, 3.63) is 24.3 Å². The number of nitrogens with one attached hydrogen (secondary N) is 2. The molecule has 4 N–H and O–H groups in total. The summed E-state index contributed by atoms with van der Waals surface area (Å²) in [6.07, 6.45) is 1.32. The fourth-order valence-electron chi connectivity index (χ4n) is 2.14. The van der Waals surface area contributed by atoms with E-state index in [0.29, 0.717) is 18.0 Å². The molecule has 1 heterocycles. The van der Waals surface area contributed by atoms with Crippen LogP contribution in [0.5, 0.6) is 0 Å². The first kappa shape index (κ1) is 19.4. The van der Waals surface area contributed by atoms with Crippen LogP contribution in [0.2, 0.25) is 0 Å². The zero-order chi connectivity index (χ0) is 16.1. The predicted molar refractivity (Wildman–Crippen MR) is 92.7 cm³/mol. The van der Waals surface area contributed by atoms with E-state index in [9.17, 15) is 9.59 Å². The molecule has 1 aromatic rings. The molecule has 1 aliphatic heterocycles. The van der Waals surface area contributed by atoms with Crippen LogP contribution in [0, 0.1) is 5.92 Å².